The maximum Gasteiger partial charge on any atom is 0.232 e. The van der Waals surface area contributed by atoms with Gasteiger partial charge >= 0.3 is 0 Å². The van der Waals surface area contributed by atoms with E-state index in [4.69, 9.17) is 10.7 Å². The largest absolute Gasteiger partial charge is 0.264 e. The Hall–Kier alpha value is -0.610. The van der Waals surface area contributed by atoms with Crippen LogP contribution in [-0.2, 0) is 15.5 Å². The fourth-order valence-electron chi connectivity index (χ4n) is 0.994. The van der Waals surface area contributed by atoms with Crippen molar-refractivity contribution in [1.29, 1.82) is 0 Å². The molecule has 13 heavy (non-hydrogen) atoms. The van der Waals surface area contributed by atoms with E-state index in [1.165, 1.54) is 0 Å². The van der Waals surface area contributed by atoms with E-state index < -0.39 is 9.05 Å². The van der Waals surface area contributed by atoms with Gasteiger partial charge in [-0.2, -0.15) is 0 Å². The minimum Gasteiger partial charge on any atom is -0.264 e. The summed E-state index contributed by atoms with van der Waals surface area (Å²) >= 11 is 0. The minimum absolute atomic E-state index is 0.0420. The molecule has 1 heterocycles. The number of rotatable bonds is 3. The van der Waals surface area contributed by atoms with Crippen LogP contribution in [0.4, 0.5) is 0 Å². The Balaban J connectivity index is 2.65. The Morgan fingerprint density at radius 1 is 1.46 bits per heavy atom. The molecule has 3 nitrogen and oxygen atoms in total. The molecule has 1 aromatic heterocycles. The predicted molar refractivity (Wildman–Crippen MR) is 52.3 cm³/mol. The summed E-state index contributed by atoms with van der Waals surface area (Å²) < 4.78 is 21.3. The van der Waals surface area contributed by atoms with E-state index in [0.717, 1.165) is 11.1 Å². The maximum absolute atomic E-state index is 10.6. The standard InChI is InChI=1S/C8H10ClNO2S/c1-7-4-8(6-10-5-7)2-3-13(9,11)12/h4-6H,2-3H2,1H3. The Kier molecular flexibility index (Phi) is 3.27. The summed E-state index contributed by atoms with van der Waals surface area (Å²) in [5.41, 5.74) is 1.91. The Labute approximate surface area is 82.2 Å². The Morgan fingerprint density at radius 3 is 2.69 bits per heavy atom. The van der Waals surface area contributed by atoms with Crippen LogP contribution in [0.25, 0.3) is 0 Å². The molecule has 0 bridgehead atoms. The van der Waals surface area contributed by atoms with Gasteiger partial charge in [0, 0.05) is 23.1 Å². The summed E-state index contributed by atoms with van der Waals surface area (Å²) in [5.74, 6) is -0.0420. The van der Waals surface area contributed by atoms with Crippen LogP contribution >= 0.6 is 10.7 Å². The van der Waals surface area contributed by atoms with Crippen molar-refractivity contribution in [2.45, 2.75) is 13.3 Å². The predicted octanol–water partition coefficient (Wildman–Crippen LogP) is 1.50. The SMILES string of the molecule is Cc1cncc(CCS(=O)(=O)Cl)c1. The molecule has 0 aliphatic rings. The van der Waals surface area contributed by atoms with E-state index in [-0.39, 0.29) is 5.75 Å². The maximum atomic E-state index is 10.6. The zero-order valence-electron chi connectivity index (χ0n) is 7.20. The summed E-state index contributed by atoms with van der Waals surface area (Å²) in [4.78, 5) is 3.95. The molecule has 72 valence electrons. The zero-order valence-corrected chi connectivity index (χ0v) is 8.77. The molecule has 1 rings (SSSR count). The molecule has 0 aliphatic carbocycles. The average Bonchev–Trinajstić information content (AvgIpc) is 2.00. The normalized spacial score (nSPS) is 11.5. The third kappa shape index (κ3) is 4.24. The van der Waals surface area contributed by atoms with Crippen molar-refractivity contribution < 1.29 is 8.42 Å². The van der Waals surface area contributed by atoms with E-state index in [1.54, 1.807) is 12.4 Å². The summed E-state index contributed by atoms with van der Waals surface area (Å²) in [6.07, 6.45) is 3.79. The first kappa shape index (κ1) is 10.5. The number of nitrogens with zero attached hydrogens (tertiary/aromatic N) is 1. The smallest absolute Gasteiger partial charge is 0.232 e. The van der Waals surface area contributed by atoms with Crippen molar-refractivity contribution in [1.82, 2.24) is 4.98 Å². The molecular weight excluding hydrogens is 210 g/mol. The Bertz CT molecular complexity index is 389. The molecule has 0 spiro atoms. The quantitative estimate of drug-likeness (QED) is 0.724. The first-order valence-corrected chi connectivity index (χ1v) is 6.28. The van der Waals surface area contributed by atoms with Crippen LogP contribution in [0, 0.1) is 6.92 Å². The number of aromatic nitrogens is 1. The third-order valence-electron chi connectivity index (χ3n) is 1.57. The average molecular weight is 220 g/mol. The van der Waals surface area contributed by atoms with Crippen LogP contribution in [-0.4, -0.2) is 19.2 Å². The summed E-state index contributed by atoms with van der Waals surface area (Å²) in [7, 11) is 1.68. The van der Waals surface area contributed by atoms with Crippen LogP contribution in [0.1, 0.15) is 11.1 Å². The van der Waals surface area contributed by atoms with E-state index in [0.29, 0.717) is 6.42 Å². The molecule has 0 saturated carbocycles. The number of hydrogen-bond donors (Lipinski definition) is 0. The topological polar surface area (TPSA) is 47.0 Å². The second-order valence-corrected chi connectivity index (χ2v) is 5.76. The van der Waals surface area contributed by atoms with E-state index >= 15 is 0 Å². The highest BCUT2D eigenvalue weighted by atomic mass is 35.7. The minimum atomic E-state index is -3.39. The third-order valence-corrected chi connectivity index (χ3v) is 2.72. The lowest BCUT2D eigenvalue weighted by Gasteiger charge is -1.99. The first-order chi connectivity index (χ1) is 5.97. The number of halogens is 1. The molecule has 0 radical (unpaired) electrons. The van der Waals surface area contributed by atoms with Crippen molar-refractivity contribution in [2.75, 3.05) is 5.75 Å². The van der Waals surface area contributed by atoms with Crippen LogP contribution in [0.15, 0.2) is 18.5 Å². The molecule has 0 unspecified atom stereocenters. The van der Waals surface area contributed by atoms with Gasteiger partial charge in [-0.25, -0.2) is 8.42 Å². The van der Waals surface area contributed by atoms with Gasteiger partial charge in [-0.15, -0.1) is 0 Å². The number of hydrogen-bond acceptors (Lipinski definition) is 3. The molecule has 1 aromatic rings. The lowest BCUT2D eigenvalue weighted by atomic mass is 10.2. The van der Waals surface area contributed by atoms with Gasteiger partial charge < -0.3 is 0 Å². The van der Waals surface area contributed by atoms with Gasteiger partial charge in [-0.3, -0.25) is 4.98 Å². The molecular formula is C8H10ClNO2S. The van der Waals surface area contributed by atoms with Crippen LogP contribution < -0.4 is 0 Å². The highest BCUT2D eigenvalue weighted by molar-refractivity contribution is 8.13. The second-order valence-electron chi connectivity index (χ2n) is 2.86. The number of pyridine rings is 1. The highest BCUT2D eigenvalue weighted by Crippen LogP contribution is 2.05. The van der Waals surface area contributed by atoms with Gasteiger partial charge in [-0.1, -0.05) is 6.07 Å². The molecule has 5 heteroatoms. The molecule has 0 aliphatic heterocycles. The lowest BCUT2D eigenvalue weighted by molar-refractivity contribution is 0.609. The van der Waals surface area contributed by atoms with Gasteiger partial charge in [0.1, 0.15) is 0 Å². The van der Waals surface area contributed by atoms with Crippen molar-refractivity contribution in [3.05, 3.63) is 29.6 Å². The van der Waals surface area contributed by atoms with Gasteiger partial charge in [0.2, 0.25) is 9.05 Å². The molecule has 0 N–H and O–H groups in total. The number of aryl methyl sites for hydroxylation is 2. The molecule has 0 aromatic carbocycles. The van der Waals surface area contributed by atoms with E-state index in [2.05, 4.69) is 4.98 Å². The lowest BCUT2D eigenvalue weighted by Crippen LogP contribution is -2.01. The van der Waals surface area contributed by atoms with Crippen LogP contribution in [0.5, 0.6) is 0 Å². The van der Waals surface area contributed by atoms with E-state index in [9.17, 15) is 8.42 Å². The first-order valence-electron chi connectivity index (χ1n) is 3.80. The second kappa shape index (κ2) is 4.07. The Morgan fingerprint density at radius 2 is 2.15 bits per heavy atom. The van der Waals surface area contributed by atoms with Gasteiger partial charge in [0.05, 0.1) is 5.75 Å². The van der Waals surface area contributed by atoms with Gasteiger partial charge in [0.25, 0.3) is 0 Å². The molecule has 0 saturated heterocycles. The monoisotopic (exact) mass is 219 g/mol. The van der Waals surface area contributed by atoms with Crippen molar-refractivity contribution >= 4 is 19.7 Å². The van der Waals surface area contributed by atoms with Crippen molar-refractivity contribution in [3.8, 4) is 0 Å². The highest BCUT2D eigenvalue weighted by Gasteiger charge is 2.05. The van der Waals surface area contributed by atoms with E-state index in [1.807, 2.05) is 13.0 Å². The van der Waals surface area contributed by atoms with Crippen LogP contribution in [0.2, 0.25) is 0 Å². The van der Waals surface area contributed by atoms with Gasteiger partial charge in [-0.05, 0) is 24.5 Å². The summed E-state index contributed by atoms with van der Waals surface area (Å²) in [6.45, 7) is 1.91. The van der Waals surface area contributed by atoms with Gasteiger partial charge in [0.15, 0.2) is 0 Å². The van der Waals surface area contributed by atoms with Crippen LogP contribution in [0.3, 0.4) is 0 Å². The molecule has 0 atom stereocenters. The summed E-state index contributed by atoms with van der Waals surface area (Å²) in [6, 6.07) is 1.90. The molecule has 0 amide bonds. The fourth-order valence-corrected chi connectivity index (χ4v) is 1.70. The molecule has 0 fully saturated rings. The van der Waals surface area contributed by atoms with Crippen molar-refractivity contribution in [3.63, 3.8) is 0 Å². The van der Waals surface area contributed by atoms with Crippen molar-refractivity contribution in [2.24, 2.45) is 0 Å². The summed E-state index contributed by atoms with van der Waals surface area (Å²) in [5, 5.41) is 0. The fraction of sp³-hybridized carbons (Fsp3) is 0.375. The zero-order chi connectivity index (χ0) is 9.90.